The first-order valence-electron chi connectivity index (χ1n) is 21.6. The highest BCUT2D eigenvalue weighted by Crippen LogP contribution is 2.42. The van der Waals surface area contributed by atoms with E-state index in [1.807, 2.05) is 0 Å². The van der Waals surface area contributed by atoms with Crippen LogP contribution in [0.3, 0.4) is 0 Å². The highest BCUT2D eigenvalue weighted by Gasteiger charge is 2.29. The van der Waals surface area contributed by atoms with Crippen molar-refractivity contribution in [2.75, 3.05) is 0 Å². The monoisotopic (exact) mass is 693 g/mol. The topological polar surface area (TPSA) is 24.7 Å². The molecule has 7 rings (SSSR count). The Kier molecular flexibility index (Phi) is 13.1. The van der Waals surface area contributed by atoms with Gasteiger partial charge in [0.05, 0.1) is 22.8 Å². The molecule has 3 aliphatic carbocycles. The summed E-state index contributed by atoms with van der Waals surface area (Å²) in [4.78, 5) is 11.6. The predicted molar refractivity (Wildman–Crippen MR) is 226 cm³/mol. The third-order valence-corrected chi connectivity index (χ3v) is 12.7. The van der Waals surface area contributed by atoms with Gasteiger partial charge in [-0.05, 0) is 79.0 Å². The van der Waals surface area contributed by atoms with Crippen LogP contribution in [0.5, 0.6) is 0 Å². The Labute approximate surface area is 315 Å². The van der Waals surface area contributed by atoms with Crippen LogP contribution in [0.1, 0.15) is 186 Å². The maximum absolute atomic E-state index is 5.81. The van der Waals surface area contributed by atoms with Gasteiger partial charge in [-0.2, -0.15) is 0 Å². The molecule has 0 spiro atoms. The number of hydrogen-bond donors (Lipinski definition) is 0. The predicted octanol–water partition coefficient (Wildman–Crippen LogP) is 15.5. The minimum absolute atomic E-state index is 0.558. The molecular weight excluding hydrogens is 629 g/mol. The number of aryl methyl sites for hydroxylation is 2. The number of hydrogen-bond acceptors (Lipinski definition) is 2. The van der Waals surface area contributed by atoms with E-state index in [1.54, 1.807) is 0 Å². The number of rotatable bonds is 4. The van der Waals surface area contributed by atoms with E-state index in [1.165, 1.54) is 197 Å². The van der Waals surface area contributed by atoms with Crippen molar-refractivity contribution < 1.29 is 0 Å². The summed E-state index contributed by atoms with van der Waals surface area (Å²) in [6.07, 6.45) is 29.8. The molecule has 0 heterocycles. The summed E-state index contributed by atoms with van der Waals surface area (Å²) in [5, 5.41) is 2.59. The molecular formula is C50H64N2. The average Bonchev–Trinajstić information content (AvgIpc) is 3.44. The van der Waals surface area contributed by atoms with Crippen LogP contribution in [0, 0.1) is 13.8 Å². The van der Waals surface area contributed by atoms with Gasteiger partial charge in [-0.25, -0.2) is 9.98 Å². The Balaban J connectivity index is 1.33. The van der Waals surface area contributed by atoms with Gasteiger partial charge in [0, 0.05) is 16.5 Å². The summed E-state index contributed by atoms with van der Waals surface area (Å²) >= 11 is 0. The summed E-state index contributed by atoms with van der Waals surface area (Å²) in [6.45, 7) is 4.56. The molecule has 0 radical (unpaired) electrons. The first kappa shape index (κ1) is 36.8. The van der Waals surface area contributed by atoms with Crippen LogP contribution in [0.4, 0.5) is 11.4 Å². The molecule has 4 aromatic carbocycles. The van der Waals surface area contributed by atoms with Gasteiger partial charge in [0.2, 0.25) is 0 Å². The fraction of sp³-hybridized carbons (Fsp3) is 0.520. The molecule has 3 aliphatic rings. The second-order valence-corrected chi connectivity index (χ2v) is 16.6. The SMILES string of the molecule is Cc1cccc(C2CCCCCCCCCCC2)c1N=C1C(=Nc2c(C)cccc2C2CCCCCCCCCCC2)c2cccc3cccc1c23. The third-order valence-electron chi connectivity index (χ3n) is 12.7. The molecule has 0 unspecified atom stereocenters. The van der Waals surface area contributed by atoms with Crippen LogP contribution in [-0.4, -0.2) is 11.4 Å². The molecule has 2 fully saturated rings. The molecule has 0 atom stereocenters. The number of nitrogens with zero attached hydrogens (tertiary/aromatic N) is 2. The maximum atomic E-state index is 5.81. The highest BCUT2D eigenvalue weighted by molar-refractivity contribution is 6.61. The van der Waals surface area contributed by atoms with E-state index < -0.39 is 0 Å². The fourth-order valence-corrected chi connectivity index (χ4v) is 9.72. The highest BCUT2D eigenvalue weighted by atomic mass is 14.8. The van der Waals surface area contributed by atoms with Crippen molar-refractivity contribution in [2.45, 2.75) is 167 Å². The molecule has 0 N–H and O–H groups in total. The fourth-order valence-electron chi connectivity index (χ4n) is 9.72. The molecule has 2 heteroatoms. The normalized spacial score (nSPS) is 21.0. The zero-order valence-electron chi connectivity index (χ0n) is 32.5. The van der Waals surface area contributed by atoms with Crippen LogP contribution in [0.15, 0.2) is 82.8 Å². The summed E-state index contributed by atoms with van der Waals surface area (Å²) in [6, 6.07) is 27.5. The molecule has 0 bridgehead atoms. The van der Waals surface area contributed by atoms with Gasteiger partial charge in [0.25, 0.3) is 0 Å². The Hall–Kier alpha value is -3.52. The van der Waals surface area contributed by atoms with Crippen molar-refractivity contribution in [2.24, 2.45) is 9.98 Å². The molecule has 0 amide bonds. The van der Waals surface area contributed by atoms with Gasteiger partial charge >= 0.3 is 0 Å². The summed E-state index contributed by atoms with van der Waals surface area (Å²) in [5.74, 6) is 1.12. The number of aliphatic imine (C=N–C) groups is 2. The molecule has 0 aromatic heterocycles. The van der Waals surface area contributed by atoms with Crippen molar-refractivity contribution in [3.05, 3.63) is 106 Å². The van der Waals surface area contributed by atoms with E-state index in [4.69, 9.17) is 9.98 Å². The minimum Gasteiger partial charge on any atom is -0.246 e. The van der Waals surface area contributed by atoms with Gasteiger partial charge in [0.15, 0.2) is 0 Å². The quantitative estimate of drug-likeness (QED) is 0.203. The van der Waals surface area contributed by atoms with Crippen LogP contribution in [0.2, 0.25) is 0 Å². The van der Waals surface area contributed by atoms with Crippen LogP contribution in [-0.2, 0) is 0 Å². The lowest BCUT2D eigenvalue weighted by Gasteiger charge is -2.22. The molecule has 0 aliphatic heterocycles. The Morgan fingerprint density at radius 3 is 1.08 bits per heavy atom. The summed E-state index contributed by atoms with van der Waals surface area (Å²) in [5.41, 5.74) is 12.4. The van der Waals surface area contributed by atoms with Crippen molar-refractivity contribution in [3.63, 3.8) is 0 Å². The van der Waals surface area contributed by atoms with Gasteiger partial charge in [-0.1, -0.05) is 188 Å². The smallest absolute Gasteiger partial charge is 0.0979 e. The number of benzene rings is 4. The zero-order valence-corrected chi connectivity index (χ0v) is 32.5. The van der Waals surface area contributed by atoms with Gasteiger partial charge in [-0.3, -0.25) is 0 Å². The van der Waals surface area contributed by atoms with E-state index in [0.717, 1.165) is 11.4 Å². The van der Waals surface area contributed by atoms with Gasteiger partial charge < -0.3 is 0 Å². The largest absolute Gasteiger partial charge is 0.246 e. The lowest BCUT2D eigenvalue weighted by Crippen LogP contribution is -2.12. The first-order valence-corrected chi connectivity index (χ1v) is 21.6. The average molecular weight is 693 g/mol. The lowest BCUT2D eigenvalue weighted by atomic mass is 9.85. The van der Waals surface area contributed by atoms with E-state index >= 15 is 0 Å². The Morgan fingerprint density at radius 2 is 0.712 bits per heavy atom. The van der Waals surface area contributed by atoms with Gasteiger partial charge in [0.1, 0.15) is 0 Å². The van der Waals surface area contributed by atoms with Crippen molar-refractivity contribution in [1.29, 1.82) is 0 Å². The van der Waals surface area contributed by atoms with E-state index in [0.29, 0.717) is 11.8 Å². The van der Waals surface area contributed by atoms with Crippen molar-refractivity contribution in [3.8, 4) is 0 Å². The lowest BCUT2D eigenvalue weighted by molar-refractivity contribution is 0.467. The Morgan fingerprint density at radius 1 is 0.385 bits per heavy atom. The summed E-state index contributed by atoms with van der Waals surface area (Å²) in [7, 11) is 0. The molecule has 2 saturated carbocycles. The van der Waals surface area contributed by atoms with Gasteiger partial charge in [-0.15, -0.1) is 0 Å². The maximum Gasteiger partial charge on any atom is 0.0979 e. The number of para-hydroxylation sites is 2. The second kappa shape index (κ2) is 18.5. The van der Waals surface area contributed by atoms with E-state index in [-0.39, 0.29) is 0 Å². The van der Waals surface area contributed by atoms with Crippen LogP contribution >= 0.6 is 0 Å². The second-order valence-electron chi connectivity index (χ2n) is 16.6. The standard InChI is InChI=1S/C50H64N2/c1-37-25-21-33-42(39-27-17-13-9-5-3-6-10-14-18-28-39)47(37)51-49-44-35-23-31-41-32-24-36-45(46(41)44)50(49)52-48-38(2)26-22-34-43(48)40-29-19-15-11-7-4-8-12-16-20-30-40/h21-26,31-36,39-40H,3-20,27-30H2,1-2H3. The van der Waals surface area contributed by atoms with Crippen molar-refractivity contribution >= 4 is 33.6 Å². The molecule has 2 nitrogen and oxygen atoms in total. The van der Waals surface area contributed by atoms with E-state index in [2.05, 4.69) is 86.6 Å². The Bertz CT molecular complexity index is 1690. The molecule has 4 aromatic rings. The van der Waals surface area contributed by atoms with Crippen LogP contribution in [0.25, 0.3) is 10.8 Å². The molecule has 52 heavy (non-hydrogen) atoms. The van der Waals surface area contributed by atoms with E-state index in [9.17, 15) is 0 Å². The molecule has 0 saturated heterocycles. The van der Waals surface area contributed by atoms with Crippen molar-refractivity contribution in [1.82, 2.24) is 0 Å². The third kappa shape index (κ3) is 8.81. The summed E-state index contributed by atoms with van der Waals surface area (Å²) < 4.78 is 0. The first-order chi connectivity index (χ1) is 25.7. The molecule has 274 valence electrons. The zero-order chi connectivity index (χ0) is 35.5. The minimum atomic E-state index is 0.558. The van der Waals surface area contributed by atoms with Crippen LogP contribution < -0.4 is 0 Å².